The van der Waals surface area contributed by atoms with Gasteiger partial charge in [0.25, 0.3) is 0 Å². The molecule has 0 saturated carbocycles. The van der Waals surface area contributed by atoms with Crippen LogP contribution in [0, 0.1) is 17.7 Å². The van der Waals surface area contributed by atoms with E-state index in [0.717, 1.165) is 19.5 Å². The Morgan fingerprint density at radius 1 is 1.44 bits per heavy atom. The standard InChI is InChI=1S/C15H20FNO/c1-10(2)13-6-7-17(9-13)15-5-4-12(11(3)18)8-14(15)16/h4-5,8,10,13H,6-7,9H2,1-3H3. The Kier molecular flexibility index (Phi) is 3.69. The van der Waals surface area contributed by atoms with E-state index < -0.39 is 0 Å². The first-order valence-electron chi connectivity index (χ1n) is 6.54. The smallest absolute Gasteiger partial charge is 0.159 e. The first kappa shape index (κ1) is 13.1. The van der Waals surface area contributed by atoms with Crippen LogP contribution >= 0.6 is 0 Å². The predicted molar refractivity (Wildman–Crippen MR) is 71.6 cm³/mol. The molecular formula is C15H20FNO. The van der Waals surface area contributed by atoms with Crippen molar-refractivity contribution in [1.29, 1.82) is 0 Å². The maximum absolute atomic E-state index is 14.0. The molecule has 1 unspecified atom stereocenters. The zero-order chi connectivity index (χ0) is 13.3. The van der Waals surface area contributed by atoms with Gasteiger partial charge < -0.3 is 4.90 Å². The van der Waals surface area contributed by atoms with Gasteiger partial charge in [0.05, 0.1) is 5.69 Å². The average molecular weight is 249 g/mol. The lowest BCUT2D eigenvalue weighted by Gasteiger charge is -2.20. The molecule has 2 nitrogen and oxygen atoms in total. The van der Waals surface area contributed by atoms with Crippen LogP contribution in [0.5, 0.6) is 0 Å². The highest BCUT2D eigenvalue weighted by molar-refractivity contribution is 5.94. The summed E-state index contributed by atoms with van der Waals surface area (Å²) in [7, 11) is 0. The van der Waals surface area contributed by atoms with Crippen LogP contribution in [0.3, 0.4) is 0 Å². The number of carbonyl (C=O) groups is 1. The lowest BCUT2D eigenvalue weighted by molar-refractivity contribution is 0.101. The van der Waals surface area contributed by atoms with Crippen molar-refractivity contribution in [3.8, 4) is 0 Å². The average Bonchev–Trinajstić information content (AvgIpc) is 2.78. The molecule has 98 valence electrons. The Balaban J connectivity index is 2.18. The second-order valence-electron chi connectivity index (χ2n) is 5.46. The third-order valence-corrected chi connectivity index (χ3v) is 3.86. The van der Waals surface area contributed by atoms with Crippen molar-refractivity contribution in [1.82, 2.24) is 0 Å². The number of ketones is 1. The number of Topliss-reactive ketones (excluding diaryl/α,β-unsaturated/α-hetero) is 1. The summed E-state index contributed by atoms with van der Waals surface area (Å²) in [5.74, 6) is 0.889. The first-order chi connectivity index (χ1) is 8.49. The van der Waals surface area contributed by atoms with Gasteiger partial charge in [-0.25, -0.2) is 4.39 Å². The lowest BCUT2D eigenvalue weighted by Crippen LogP contribution is -2.22. The van der Waals surface area contributed by atoms with Gasteiger partial charge in [0.1, 0.15) is 5.82 Å². The Morgan fingerprint density at radius 2 is 2.17 bits per heavy atom. The summed E-state index contributed by atoms with van der Waals surface area (Å²) in [6.07, 6.45) is 1.12. The molecule has 1 atom stereocenters. The molecule has 1 fully saturated rings. The van der Waals surface area contributed by atoms with E-state index in [-0.39, 0.29) is 11.6 Å². The number of nitrogens with zero attached hydrogens (tertiary/aromatic N) is 1. The minimum atomic E-state index is -0.285. The molecule has 0 bridgehead atoms. The van der Waals surface area contributed by atoms with Crippen LogP contribution in [0.25, 0.3) is 0 Å². The van der Waals surface area contributed by atoms with Gasteiger partial charge in [0.15, 0.2) is 5.78 Å². The highest BCUT2D eigenvalue weighted by Gasteiger charge is 2.26. The van der Waals surface area contributed by atoms with Gasteiger partial charge in [-0.1, -0.05) is 13.8 Å². The topological polar surface area (TPSA) is 20.3 Å². The van der Waals surface area contributed by atoms with Crippen LogP contribution in [0.4, 0.5) is 10.1 Å². The maximum atomic E-state index is 14.0. The van der Waals surface area contributed by atoms with Crippen molar-refractivity contribution in [2.75, 3.05) is 18.0 Å². The summed E-state index contributed by atoms with van der Waals surface area (Å²) >= 11 is 0. The van der Waals surface area contributed by atoms with Gasteiger partial charge >= 0.3 is 0 Å². The molecule has 2 rings (SSSR count). The summed E-state index contributed by atoms with van der Waals surface area (Å²) in [6.45, 7) is 7.69. The molecular weight excluding hydrogens is 229 g/mol. The van der Waals surface area contributed by atoms with E-state index in [2.05, 4.69) is 18.7 Å². The van der Waals surface area contributed by atoms with Gasteiger partial charge in [-0.05, 0) is 43.4 Å². The van der Waals surface area contributed by atoms with Crippen LogP contribution < -0.4 is 4.90 Å². The van der Waals surface area contributed by atoms with E-state index in [0.29, 0.717) is 23.1 Å². The van der Waals surface area contributed by atoms with E-state index in [1.54, 1.807) is 12.1 Å². The molecule has 18 heavy (non-hydrogen) atoms. The number of halogens is 1. The summed E-state index contributed by atoms with van der Waals surface area (Å²) in [6, 6.07) is 4.79. The van der Waals surface area contributed by atoms with Crippen molar-refractivity contribution in [2.24, 2.45) is 11.8 Å². The van der Waals surface area contributed by atoms with Crippen LogP contribution in [0.2, 0.25) is 0 Å². The van der Waals surface area contributed by atoms with Crippen molar-refractivity contribution in [3.63, 3.8) is 0 Å². The number of anilines is 1. The number of hydrogen-bond acceptors (Lipinski definition) is 2. The molecule has 1 heterocycles. The summed E-state index contributed by atoms with van der Waals surface area (Å²) in [4.78, 5) is 13.3. The Bertz CT molecular complexity index is 456. The van der Waals surface area contributed by atoms with Crippen LogP contribution in [-0.2, 0) is 0 Å². The molecule has 0 aliphatic carbocycles. The molecule has 1 aromatic rings. The third-order valence-electron chi connectivity index (χ3n) is 3.86. The summed E-state index contributed by atoms with van der Waals surface area (Å²) in [5, 5.41) is 0. The van der Waals surface area contributed by atoms with Crippen molar-refractivity contribution in [2.45, 2.75) is 27.2 Å². The van der Waals surface area contributed by atoms with Gasteiger partial charge in [-0.2, -0.15) is 0 Å². The zero-order valence-corrected chi connectivity index (χ0v) is 11.2. The molecule has 0 spiro atoms. The van der Waals surface area contributed by atoms with Crippen LogP contribution in [0.1, 0.15) is 37.6 Å². The van der Waals surface area contributed by atoms with Gasteiger partial charge in [0.2, 0.25) is 0 Å². The van der Waals surface area contributed by atoms with E-state index in [1.807, 2.05) is 0 Å². The Labute approximate surface area is 108 Å². The fourth-order valence-electron chi connectivity index (χ4n) is 2.53. The van der Waals surface area contributed by atoms with E-state index in [1.165, 1.54) is 13.0 Å². The lowest BCUT2D eigenvalue weighted by atomic mass is 9.95. The second-order valence-corrected chi connectivity index (χ2v) is 5.46. The Morgan fingerprint density at radius 3 is 2.67 bits per heavy atom. The monoisotopic (exact) mass is 249 g/mol. The second kappa shape index (κ2) is 5.09. The van der Waals surface area contributed by atoms with Crippen molar-refractivity contribution >= 4 is 11.5 Å². The SMILES string of the molecule is CC(=O)c1ccc(N2CCC(C(C)C)C2)c(F)c1. The molecule has 1 aliphatic rings. The van der Waals surface area contributed by atoms with Crippen molar-refractivity contribution in [3.05, 3.63) is 29.6 Å². The Hall–Kier alpha value is -1.38. The normalized spacial score (nSPS) is 19.6. The maximum Gasteiger partial charge on any atom is 0.159 e. The van der Waals surface area contributed by atoms with Gasteiger partial charge in [-0.3, -0.25) is 4.79 Å². The molecule has 0 amide bonds. The molecule has 0 aromatic heterocycles. The predicted octanol–water partition coefficient (Wildman–Crippen LogP) is 3.51. The number of carbonyl (C=O) groups excluding carboxylic acids is 1. The van der Waals surface area contributed by atoms with Gasteiger partial charge in [-0.15, -0.1) is 0 Å². The fraction of sp³-hybridized carbons (Fsp3) is 0.533. The quantitative estimate of drug-likeness (QED) is 0.764. The molecule has 1 aliphatic heterocycles. The van der Waals surface area contributed by atoms with Gasteiger partial charge in [0, 0.05) is 18.7 Å². The van der Waals surface area contributed by atoms with E-state index in [9.17, 15) is 9.18 Å². The minimum Gasteiger partial charge on any atom is -0.369 e. The number of benzene rings is 1. The highest BCUT2D eigenvalue weighted by atomic mass is 19.1. The third kappa shape index (κ3) is 2.55. The number of hydrogen-bond donors (Lipinski definition) is 0. The summed E-state index contributed by atoms with van der Waals surface area (Å²) < 4.78 is 14.0. The van der Waals surface area contributed by atoms with Crippen LogP contribution in [0.15, 0.2) is 18.2 Å². The molecule has 0 radical (unpaired) electrons. The van der Waals surface area contributed by atoms with E-state index >= 15 is 0 Å². The number of rotatable bonds is 3. The molecule has 1 saturated heterocycles. The molecule has 1 aromatic carbocycles. The zero-order valence-electron chi connectivity index (χ0n) is 11.2. The largest absolute Gasteiger partial charge is 0.369 e. The summed E-state index contributed by atoms with van der Waals surface area (Å²) in [5.41, 5.74) is 1.07. The fourth-order valence-corrected chi connectivity index (χ4v) is 2.53. The highest BCUT2D eigenvalue weighted by Crippen LogP contribution is 2.30. The van der Waals surface area contributed by atoms with E-state index in [4.69, 9.17) is 0 Å². The van der Waals surface area contributed by atoms with Crippen LogP contribution in [-0.4, -0.2) is 18.9 Å². The van der Waals surface area contributed by atoms with Crippen molar-refractivity contribution < 1.29 is 9.18 Å². The molecule has 0 N–H and O–H groups in total. The molecule has 3 heteroatoms. The minimum absolute atomic E-state index is 0.0954. The first-order valence-corrected chi connectivity index (χ1v) is 6.54.